The normalized spacial score (nSPS) is 18.9. The Balaban J connectivity index is 2.33. The van der Waals surface area contributed by atoms with E-state index < -0.39 is 0 Å². The van der Waals surface area contributed by atoms with E-state index in [9.17, 15) is 4.79 Å². The summed E-state index contributed by atoms with van der Waals surface area (Å²) >= 11 is 1.64. The molecule has 0 aromatic carbocycles. The average Bonchev–Trinajstić information content (AvgIpc) is 2.70. The first-order valence-electron chi connectivity index (χ1n) is 6.09. The molecule has 2 aromatic heterocycles. The number of hydrogen-bond donors (Lipinski definition) is 2. The maximum atomic E-state index is 12.4. The van der Waals surface area contributed by atoms with Crippen LogP contribution in [0.25, 0.3) is 10.2 Å². The maximum Gasteiger partial charge on any atom is 0.263 e. The van der Waals surface area contributed by atoms with Gasteiger partial charge in [0.1, 0.15) is 4.83 Å². The number of aromatic nitrogens is 2. The number of nitrogens with one attached hydrogen (secondary N) is 1. The van der Waals surface area contributed by atoms with Crippen LogP contribution < -0.4 is 16.8 Å². The summed E-state index contributed by atoms with van der Waals surface area (Å²) < 4.78 is 1.48. The second-order valence-corrected chi connectivity index (χ2v) is 6.06. The molecule has 0 spiro atoms. The molecule has 6 heteroatoms. The molecule has 0 saturated heterocycles. The molecular weight excluding hydrogens is 248 g/mol. The van der Waals surface area contributed by atoms with Gasteiger partial charge in [-0.3, -0.25) is 14.8 Å². The highest BCUT2D eigenvalue weighted by atomic mass is 32.1. The van der Waals surface area contributed by atoms with E-state index in [-0.39, 0.29) is 5.56 Å². The van der Waals surface area contributed by atoms with Crippen LogP contribution in [0.15, 0.2) is 4.79 Å². The van der Waals surface area contributed by atoms with Gasteiger partial charge in [0.05, 0.1) is 5.39 Å². The Morgan fingerprint density at radius 2 is 2.33 bits per heavy atom. The summed E-state index contributed by atoms with van der Waals surface area (Å²) in [5.74, 6) is 6.50. The number of hydrazine groups is 1. The smallest absolute Gasteiger partial charge is 0.263 e. The summed E-state index contributed by atoms with van der Waals surface area (Å²) in [6, 6.07) is 0. The van der Waals surface area contributed by atoms with Gasteiger partial charge in [-0.25, -0.2) is 10.8 Å². The Morgan fingerprint density at radius 3 is 3.06 bits per heavy atom. The van der Waals surface area contributed by atoms with Crippen molar-refractivity contribution in [3.05, 3.63) is 20.8 Å². The number of nitrogen functional groups attached to an aromatic ring is 1. The van der Waals surface area contributed by atoms with E-state index in [0.29, 0.717) is 11.9 Å². The maximum absolute atomic E-state index is 12.4. The van der Waals surface area contributed by atoms with E-state index in [2.05, 4.69) is 17.3 Å². The van der Waals surface area contributed by atoms with E-state index >= 15 is 0 Å². The van der Waals surface area contributed by atoms with Crippen molar-refractivity contribution in [1.82, 2.24) is 9.55 Å². The first kappa shape index (κ1) is 11.7. The number of anilines is 1. The summed E-state index contributed by atoms with van der Waals surface area (Å²) in [6.45, 7) is 2.26. The fraction of sp³-hybridized carbons (Fsp3) is 0.500. The van der Waals surface area contributed by atoms with Crippen molar-refractivity contribution in [2.24, 2.45) is 18.8 Å². The lowest BCUT2D eigenvalue weighted by molar-refractivity contribution is 0.509. The van der Waals surface area contributed by atoms with Crippen molar-refractivity contribution in [3.63, 3.8) is 0 Å². The molecule has 0 fully saturated rings. The molecular formula is C12H16N4OS. The number of rotatable bonds is 1. The van der Waals surface area contributed by atoms with E-state index in [1.54, 1.807) is 18.4 Å². The van der Waals surface area contributed by atoms with Gasteiger partial charge < -0.3 is 0 Å². The highest BCUT2D eigenvalue weighted by Crippen LogP contribution is 2.35. The third-order valence-corrected chi connectivity index (χ3v) is 4.81. The van der Waals surface area contributed by atoms with Crippen LogP contribution in [0.1, 0.15) is 23.8 Å². The van der Waals surface area contributed by atoms with Gasteiger partial charge in [-0.15, -0.1) is 11.3 Å². The molecule has 0 radical (unpaired) electrons. The first-order chi connectivity index (χ1) is 8.61. The minimum absolute atomic E-state index is 0.00000283. The van der Waals surface area contributed by atoms with Crippen molar-refractivity contribution < 1.29 is 0 Å². The van der Waals surface area contributed by atoms with Crippen LogP contribution in [0.5, 0.6) is 0 Å². The summed E-state index contributed by atoms with van der Waals surface area (Å²) in [5.41, 5.74) is 3.69. The molecule has 3 rings (SSSR count). The van der Waals surface area contributed by atoms with Gasteiger partial charge in [0.2, 0.25) is 5.95 Å². The molecule has 5 nitrogen and oxygen atoms in total. The third kappa shape index (κ3) is 1.56. The minimum atomic E-state index is 0.00000283. The third-order valence-electron chi connectivity index (χ3n) is 3.67. The van der Waals surface area contributed by atoms with Gasteiger partial charge in [0, 0.05) is 11.9 Å². The Bertz CT molecular complexity index is 673. The predicted octanol–water partition coefficient (Wildman–Crippen LogP) is 1.41. The summed E-state index contributed by atoms with van der Waals surface area (Å²) in [6.07, 6.45) is 3.20. The van der Waals surface area contributed by atoms with E-state index in [1.807, 2.05) is 0 Å². The van der Waals surface area contributed by atoms with Gasteiger partial charge in [0.25, 0.3) is 5.56 Å². The predicted molar refractivity (Wildman–Crippen MR) is 73.9 cm³/mol. The van der Waals surface area contributed by atoms with Crippen LogP contribution in [0.2, 0.25) is 0 Å². The van der Waals surface area contributed by atoms with Crippen molar-refractivity contribution in [1.29, 1.82) is 0 Å². The van der Waals surface area contributed by atoms with Crippen LogP contribution in [-0.4, -0.2) is 9.55 Å². The summed E-state index contributed by atoms with van der Waals surface area (Å²) in [7, 11) is 1.69. The lowest BCUT2D eigenvalue weighted by Crippen LogP contribution is -2.25. The molecule has 96 valence electrons. The Kier molecular flexibility index (Phi) is 2.64. The van der Waals surface area contributed by atoms with Crippen LogP contribution in [0, 0.1) is 5.92 Å². The van der Waals surface area contributed by atoms with Gasteiger partial charge >= 0.3 is 0 Å². The van der Waals surface area contributed by atoms with Crippen molar-refractivity contribution in [2.75, 3.05) is 5.43 Å². The Labute approximate surface area is 109 Å². The molecule has 0 aliphatic heterocycles. The molecule has 3 N–H and O–H groups in total. The van der Waals surface area contributed by atoms with Gasteiger partial charge in [0.15, 0.2) is 0 Å². The fourth-order valence-corrected chi connectivity index (χ4v) is 3.97. The molecule has 2 heterocycles. The Morgan fingerprint density at radius 1 is 1.56 bits per heavy atom. The largest absolute Gasteiger partial charge is 0.294 e. The summed E-state index contributed by atoms with van der Waals surface area (Å²) in [5, 5.41) is 0.795. The quantitative estimate of drug-likeness (QED) is 0.603. The summed E-state index contributed by atoms with van der Waals surface area (Å²) in [4.78, 5) is 18.9. The van der Waals surface area contributed by atoms with E-state index in [4.69, 9.17) is 5.84 Å². The molecule has 1 aliphatic carbocycles. The van der Waals surface area contributed by atoms with Gasteiger partial charge in [-0.05, 0) is 30.7 Å². The molecule has 18 heavy (non-hydrogen) atoms. The van der Waals surface area contributed by atoms with Gasteiger partial charge in [-0.1, -0.05) is 6.92 Å². The molecule has 1 atom stereocenters. The lowest BCUT2D eigenvalue weighted by Gasteiger charge is -2.17. The Hall–Kier alpha value is -1.40. The van der Waals surface area contributed by atoms with Gasteiger partial charge in [-0.2, -0.15) is 0 Å². The average molecular weight is 264 g/mol. The van der Waals surface area contributed by atoms with Crippen LogP contribution in [0.4, 0.5) is 5.95 Å². The van der Waals surface area contributed by atoms with Crippen molar-refractivity contribution in [2.45, 2.75) is 26.2 Å². The zero-order chi connectivity index (χ0) is 12.9. The highest BCUT2D eigenvalue weighted by molar-refractivity contribution is 7.18. The monoisotopic (exact) mass is 264 g/mol. The zero-order valence-corrected chi connectivity index (χ0v) is 11.3. The molecule has 0 amide bonds. The lowest BCUT2D eigenvalue weighted by atomic mass is 9.89. The number of fused-ring (bicyclic) bond motifs is 3. The van der Waals surface area contributed by atoms with Crippen molar-refractivity contribution in [3.8, 4) is 0 Å². The second-order valence-electron chi connectivity index (χ2n) is 4.98. The highest BCUT2D eigenvalue weighted by Gasteiger charge is 2.23. The van der Waals surface area contributed by atoms with E-state index in [0.717, 1.165) is 29.5 Å². The number of hydrogen-bond acceptors (Lipinski definition) is 5. The first-order valence-corrected chi connectivity index (χ1v) is 6.91. The minimum Gasteiger partial charge on any atom is -0.294 e. The topological polar surface area (TPSA) is 72.9 Å². The van der Waals surface area contributed by atoms with E-state index in [1.165, 1.54) is 15.0 Å². The molecule has 0 saturated carbocycles. The molecule has 1 aliphatic rings. The van der Waals surface area contributed by atoms with Crippen LogP contribution in [-0.2, 0) is 19.9 Å². The number of nitrogens with zero attached hydrogens (tertiary/aromatic N) is 2. The molecule has 2 aromatic rings. The number of nitrogens with two attached hydrogens (primary N) is 1. The zero-order valence-electron chi connectivity index (χ0n) is 10.5. The SMILES string of the molecule is C[C@H]1CCc2c(sc3nc(NN)n(C)c(=O)c23)C1. The standard InChI is InChI=1S/C12H16N4OS/c1-6-3-4-7-8(5-6)18-10-9(7)11(17)16(2)12(14-10)15-13/h6H,3-5,13H2,1-2H3,(H,14,15)/t6-/m0/s1. The second kappa shape index (κ2) is 4.07. The molecule has 0 bridgehead atoms. The fourth-order valence-electron chi connectivity index (χ4n) is 2.60. The van der Waals surface area contributed by atoms with Crippen molar-refractivity contribution >= 4 is 27.5 Å². The van der Waals surface area contributed by atoms with Crippen LogP contribution >= 0.6 is 11.3 Å². The number of aryl methyl sites for hydroxylation is 1. The van der Waals surface area contributed by atoms with Crippen LogP contribution in [0.3, 0.4) is 0 Å². The molecule has 0 unspecified atom stereocenters. The number of thiophene rings is 1.